The number of aromatic nitrogens is 3. The molecule has 1 aromatic carbocycles. The van der Waals surface area contributed by atoms with Gasteiger partial charge in [-0.15, -0.1) is 0 Å². The van der Waals surface area contributed by atoms with Gasteiger partial charge in [0.2, 0.25) is 5.91 Å². The quantitative estimate of drug-likeness (QED) is 0.581. The van der Waals surface area contributed by atoms with Gasteiger partial charge in [0.25, 0.3) is 0 Å². The first kappa shape index (κ1) is 19.6. The van der Waals surface area contributed by atoms with Crippen molar-refractivity contribution in [3.8, 4) is 17.0 Å². The molecule has 1 amide bonds. The molecule has 0 radical (unpaired) electrons. The number of hydrogen-bond donors (Lipinski definition) is 2. The molecule has 30 heavy (non-hydrogen) atoms. The minimum absolute atomic E-state index is 0.0428. The summed E-state index contributed by atoms with van der Waals surface area (Å²) >= 11 is 0. The van der Waals surface area contributed by atoms with Gasteiger partial charge in [0.15, 0.2) is 11.5 Å². The van der Waals surface area contributed by atoms with E-state index >= 15 is 0 Å². The third-order valence-corrected chi connectivity index (χ3v) is 4.96. The highest BCUT2D eigenvalue weighted by molar-refractivity contribution is 6.01. The van der Waals surface area contributed by atoms with Crippen molar-refractivity contribution in [3.63, 3.8) is 0 Å². The Balaban J connectivity index is 1.70. The van der Waals surface area contributed by atoms with Gasteiger partial charge in [0, 0.05) is 37.0 Å². The Morgan fingerprint density at radius 1 is 1.20 bits per heavy atom. The lowest BCUT2D eigenvalue weighted by Crippen LogP contribution is -2.15. The lowest BCUT2D eigenvalue weighted by Gasteiger charge is -2.16. The molecule has 1 fully saturated rings. The maximum atomic E-state index is 12.1. The highest BCUT2D eigenvalue weighted by Crippen LogP contribution is 2.38. The van der Waals surface area contributed by atoms with Crippen LogP contribution < -0.4 is 15.4 Å². The fourth-order valence-corrected chi connectivity index (χ4v) is 3.24. The molecule has 0 bridgehead atoms. The summed E-state index contributed by atoms with van der Waals surface area (Å²) in [5.74, 6) is 0.889. The van der Waals surface area contributed by atoms with Crippen LogP contribution in [0.3, 0.4) is 0 Å². The van der Waals surface area contributed by atoms with E-state index in [0.717, 1.165) is 24.1 Å². The van der Waals surface area contributed by atoms with E-state index in [4.69, 9.17) is 4.74 Å². The number of ether oxygens (including phenoxy) is 1. The lowest BCUT2D eigenvalue weighted by atomic mass is 10.1. The molecule has 1 aliphatic carbocycles. The minimum Gasteiger partial charge on any atom is -0.494 e. The smallest absolute Gasteiger partial charge is 0.228 e. The molecule has 4 rings (SSSR count). The third kappa shape index (κ3) is 4.03. The number of hydrogen-bond acceptors (Lipinski definition) is 6. The van der Waals surface area contributed by atoms with Gasteiger partial charge < -0.3 is 15.4 Å². The zero-order valence-electron chi connectivity index (χ0n) is 17.1. The Kier molecular flexibility index (Phi) is 5.22. The topological polar surface area (TPSA) is 98.1 Å². The first-order valence-electron chi connectivity index (χ1n) is 9.72. The van der Waals surface area contributed by atoms with Crippen molar-refractivity contribution < 1.29 is 14.3 Å². The summed E-state index contributed by atoms with van der Waals surface area (Å²) in [7, 11) is 3.44. The largest absolute Gasteiger partial charge is 0.494 e. The van der Waals surface area contributed by atoms with Crippen molar-refractivity contribution in [1.29, 1.82) is 0 Å². The number of para-hydroxylation sites is 1. The van der Waals surface area contributed by atoms with Crippen molar-refractivity contribution in [2.45, 2.75) is 19.8 Å². The van der Waals surface area contributed by atoms with Gasteiger partial charge in [-0.1, -0.05) is 6.07 Å². The summed E-state index contributed by atoms with van der Waals surface area (Å²) in [5, 5.41) is 10.5. The van der Waals surface area contributed by atoms with Gasteiger partial charge in [-0.2, -0.15) is 5.10 Å². The highest BCUT2D eigenvalue weighted by Gasteiger charge is 2.30. The van der Waals surface area contributed by atoms with Gasteiger partial charge in [0.05, 0.1) is 29.7 Å². The second-order valence-corrected chi connectivity index (χ2v) is 7.32. The van der Waals surface area contributed by atoms with Crippen LogP contribution in [0.15, 0.2) is 42.7 Å². The molecule has 1 aliphatic rings. The first-order chi connectivity index (χ1) is 14.5. The average molecular weight is 405 g/mol. The van der Waals surface area contributed by atoms with Crippen molar-refractivity contribution in [2.24, 2.45) is 13.0 Å². The van der Waals surface area contributed by atoms with Crippen LogP contribution in [0.4, 0.5) is 17.2 Å². The summed E-state index contributed by atoms with van der Waals surface area (Å²) < 4.78 is 7.39. The van der Waals surface area contributed by atoms with Crippen LogP contribution in [-0.4, -0.2) is 33.6 Å². The number of carbonyl (C=O) groups is 2. The molecule has 2 N–H and O–H groups in total. The Labute approximate surface area is 174 Å². The lowest BCUT2D eigenvalue weighted by molar-refractivity contribution is -0.117. The number of pyridine rings is 1. The molecule has 0 atom stereocenters. The predicted molar refractivity (Wildman–Crippen MR) is 114 cm³/mol. The third-order valence-electron chi connectivity index (χ3n) is 4.96. The molecular formula is C22H23N5O3. The number of anilines is 3. The van der Waals surface area contributed by atoms with Crippen molar-refractivity contribution in [1.82, 2.24) is 14.8 Å². The van der Waals surface area contributed by atoms with E-state index in [1.165, 1.54) is 13.1 Å². The number of aryl methyl sites for hydroxylation is 1. The van der Waals surface area contributed by atoms with Crippen LogP contribution >= 0.6 is 0 Å². The maximum Gasteiger partial charge on any atom is 0.228 e. The van der Waals surface area contributed by atoms with Gasteiger partial charge in [0.1, 0.15) is 5.82 Å². The van der Waals surface area contributed by atoms with Crippen LogP contribution in [0.1, 0.15) is 30.1 Å². The SMILES string of the molecule is COc1c(Nc2cc(NC(=O)C3CC3)ncc2C(C)=O)cccc1-c1ccn(C)n1. The number of Topliss-reactive ketones (excluding diaryl/α,β-unsaturated/α-hetero) is 1. The number of rotatable bonds is 7. The predicted octanol–water partition coefficient (Wildman–Crippen LogP) is 3.79. The highest BCUT2D eigenvalue weighted by atomic mass is 16.5. The second kappa shape index (κ2) is 7.98. The fourth-order valence-electron chi connectivity index (χ4n) is 3.24. The average Bonchev–Trinajstić information content (AvgIpc) is 3.49. The molecule has 8 nitrogen and oxygen atoms in total. The second-order valence-electron chi connectivity index (χ2n) is 7.32. The van der Waals surface area contributed by atoms with Crippen molar-refractivity contribution >= 4 is 28.9 Å². The zero-order chi connectivity index (χ0) is 21.3. The van der Waals surface area contributed by atoms with E-state index in [-0.39, 0.29) is 17.6 Å². The number of nitrogens with zero attached hydrogens (tertiary/aromatic N) is 3. The maximum absolute atomic E-state index is 12.1. The summed E-state index contributed by atoms with van der Waals surface area (Å²) in [5.41, 5.74) is 3.24. The monoisotopic (exact) mass is 405 g/mol. The van der Waals surface area contributed by atoms with Crippen molar-refractivity contribution in [2.75, 3.05) is 17.7 Å². The van der Waals surface area contributed by atoms with E-state index in [2.05, 4.69) is 20.7 Å². The molecule has 0 spiro atoms. The number of benzene rings is 1. The van der Waals surface area contributed by atoms with Crippen LogP contribution in [0.25, 0.3) is 11.3 Å². The normalized spacial score (nSPS) is 13.0. The number of ketones is 1. The van der Waals surface area contributed by atoms with Gasteiger partial charge in [-0.05, 0) is 38.0 Å². The van der Waals surface area contributed by atoms with E-state index < -0.39 is 0 Å². The Bertz CT molecular complexity index is 1120. The van der Waals surface area contributed by atoms with Gasteiger partial charge in [-0.3, -0.25) is 14.3 Å². The molecule has 8 heteroatoms. The van der Waals surface area contributed by atoms with Crippen LogP contribution in [0.5, 0.6) is 5.75 Å². The summed E-state index contributed by atoms with van der Waals surface area (Å²) in [4.78, 5) is 28.5. The molecule has 1 saturated carbocycles. The Morgan fingerprint density at radius 2 is 2.00 bits per heavy atom. The minimum atomic E-state index is -0.134. The zero-order valence-corrected chi connectivity index (χ0v) is 17.1. The van der Waals surface area contributed by atoms with E-state index in [1.807, 2.05) is 37.5 Å². The number of carbonyl (C=O) groups excluding carboxylic acids is 2. The molecule has 2 aromatic heterocycles. The first-order valence-corrected chi connectivity index (χ1v) is 9.72. The summed E-state index contributed by atoms with van der Waals surface area (Å²) in [6.45, 7) is 1.48. The molecule has 0 unspecified atom stereocenters. The number of methoxy groups -OCH3 is 1. The number of amides is 1. The Morgan fingerprint density at radius 3 is 2.63 bits per heavy atom. The van der Waals surface area contributed by atoms with E-state index in [9.17, 15) is 9.59 Å². The summed E-state index contributed by atoms with van der Waals surface area (Å²) in [6.07, 6.45) is 5.14. The molecule has 2 heterocycles. The van der Waals surface area contributed by atoms with Crippen LogP contribution in [-0.2, 0) is 11.8 Å². The fraction of sp³-hybridized carbons (Fsp3) is 0.273. The van der Waals surface area contributed by atoms with Gasteiger partial charge >= 0.3 is 0 Å². The standard InChI is InChI=1S/C22H23N5O3/c1-13(28)16-12-23-20(25-22(29)14-7-8-14)11-19(16)24-18-6-4-5-15(21(18)30-3)17-9-10-27(2)26-17/h4-6,9-12,14H,7-8H2,1-3H3,(H2,23,24,25,29). The van der Waals surface area contributed by atoms with Crippen LogP contribution in [0, 0.1) is 5.92 Å². The molecular weight excluding hydrogens is 382 g/mol. The van der Waals surface area contributed by atoms with Crippen molar-refractivity contribution in [3.05, 3.63) is 48.3 Å². The molecule has 0 saturated heterocycles. The molecule has 154 valence electrons. The molecule has 0 aliphatic heterocycles. The Hall–Kier alpha value is -3.68. The van der Waals surface area contributed by atoms with Crippen LogP contribution in [0.2, 0.25) is 0 Å². The number of nitrogens with one attached hydrogen (secondary N) is 2. The molecule has 3 aromatic rings. The van der Waals surface area contributed by atoms with Gasteiger partial charge in [-0.25, -0.2) is 4.98 Å². The van der Waals surface area contributed by atoms with E-state index in [1.54, 1.807) is 17.9 Å². The van der Waals surface area contributed by atoms with E-state index in [0.29, 0.717) is 28.5 Å². The summed E-state index contributed by atoms with van der Waals surface area (Å²) in [6, 6.07) is 9.24.